The second kappa shape index (κ2) is 6.50. The van der Waals surface area contributed by atoms with Gasteiger partial charge in [-0.05, 0) is 30.2 Å². The molecule has 5 heteroatoms. The number of hydrogen-bond donors (Lipinski definition) is 1. The van der Waals surface area contributed by atoms with Crippen LogP contribution in [0.2, 0.25) is 0 Å². The van der Waals surface area contributed by atoms with Crippen LogP contribution >= 0.6 is 11.8 Å². The Labute approximate surface area is 121 Å². The lowest BCUT2D eigenvalue weighted by Gasteiger charge is -2.12. The summed E-state index contributed by atoms with van der Waals surface area (Å²) in [6.45, 7) is 1.67. The van der Waals surface area contributed by atoms with Crippen molar-refractivity contribution in [3.05, 3.63) is 59.9 Å². The van der Waals surface area contributed by atoms with Crippen molar-refractivity contribution in [1.29, 1.82) is 0 Å². The Morgan fingerprint density at radius 3 is 2.60 bits per heavy atom. The number of carbonyl (C=O) groups is 1. The van der Waals surface area contributed by atoms with Gasteiger partial charge in [-0.3, -0.25) is 0 Å². The standard InChI is InChI=1S/C15H13ClFNO2/c1-10(15(19)20-18-16)12-7-8-14(17)13(9-12)11-5-3-2-4-6-11/h2-10,18H,1H3. The van der Waals surface area contributed by atoms with Gasteiger partial charge in [0.2, 0.25) is 0 Å². The highest BCUT2D eigenvalue weighted by Gasteiger charge is 2.18. The third-order valence-corrected chi connectivity index (χ3v) is 3.15. The van der Waals surface area contributed by atoms with E-state index in [9.17, 15) is 9.18 Å². The van der Waals surface area contributed by atoms with Crippen molar-refractivity contribution in [2.45, 2.75) is 12.8 Å². The normalized spacial score (nSPS) is 11.9. The fraction of sp³-hybridized carbons (Fsp3) is 0.133. The molecule has 20 heavy (non-hydrogen) atoms. The largest absolute Gasteiger partial charge is 0.355 e. The molecule has 2 rings (SSSR count). The van der Waals surface area contributed by atoms with Crippen LogP contribution < -0.4 is 5.00 Å². The van der Waals surface area contributed by atoms with Gasteiger partial charge in [-0.2, -0.15) is 0 Å². The summed E-state index contributed by atoms with van der Waals surface area (Å²) in [5.74, 6) is -1.43. The minimum atomic E-state index is -0.552. The summed E-state index contributed by atoms with van der Waals surface area (Å²) >= 11 is 5.13. The smallest absolute Gasteiger partial charge is 0.333 e. The molecular formula is C15H13ClFNO2. The number of carbonyl (C=O) groups excluding carboxylic acids is 1. The molecule has 0 aliphatic carbocycles. The van der Waals surface area contributed by atoms with E-state index >= 15 is 0 Å². The first-order valence-electron chi connectivity index (χ1n) is 6.04. The van der Waals surface area contributed by atoms with E-state index in [0.717, 1.165) is 5.56 Å². The Kier molecular flexibility index (Phi) is 4.71. The Bertz CT molecular complexity index is 604. The van der Waals surface area contributed by atoms with Gasteiger partial charge in [0, 0.05) is 17.3 Å². The molecule has 0 radical (unpaired) electrons. The summed E-state index contributed by atoms with van der Waals surface area (Å²) < 4.78 is 13.9. The van der Waals surface area contributed by atoms with Crippen molar-refractivity contribution in [1.82, 2.24) is 5.00 Å². The van der Waals surface area contributed by atoms with Crippen molar-refractivity contribution in [2.24, 2.45) is 0 Å². The van der Waals surface area contributed by atoms with E-state index in [1.54, 1.807) is 19.1 Å². The summed E-state index contributed by atoms with van der Waals surface area (Å²) in [5, 5.41) is 0. The Morgan fingerprint density at radius 2 is 1.95 bits per heavy atom. The van der Waals surface area contributed by atoms with E-state index < -0.39 is 11.9 Å². The van der Waals surface area contributed by atoms with Crippen molar-refractivity contribution in [3.8, 4) is 11.1 Å². The van der Waals surface area contributed by atoms with Crippen LogP contribution in [0.3, 0.4) is 0 Å². The van der Waals surface area contributed by atoms with Crippen LogP contribution in [-0.2, 0) is 9.63 Å². The molecule has 1 atom stereocenters. The van der Waals surface area contributed by atoms with Crippen LogP contribution in [-0.4, -0.2) is 5.97 Å². The highest BCUT2D eigenvalue weighted by molar-refractivity contribution is 6.13. The van der Waals surface area contributed by atoms with Crippen molar-refractivity contribution in [3.63, 3.8) is 0 Å². The SMILES string of the molecule is CC(C(=O)ONCl)c1ccc(F)c(-c2ccccc2)c1. The lowest BCUT2D eigenvalue weighted by atomic mass is 9.96. The van der Waals surface area contributed by atoms with E-state index in [4.69, 9.17) is 11.8 Å². The van der Waals surface area contributed by atoms with Crippen LogP contribution in [0.15, 0.2) is 48.5 Å². The Hall–Kier alpha value is -1.91. The topological polar surface area (TPSA) is 38.3 Å². The number of hydrogen-bond acceptors (Lipinski definition) is 3. The number of benzene rings is 2. The fourth-order valence-corrected chi connectivity index (χ4v) is 1.99. The summed E-state index contributed by atoms with van der Waals surface area (Å²) in [4.78, 5) is 18.0. The second-order valence-corrected chi connectivity index (χ2v) is 4.48. The highest BCUT2D eigenvalue weighted by atomic mass is 35.5. The Balaban J connectivity index is 2.36. The molecule has 0 bridgehead atoms. The molecule has 0 saturated heterocycles. The van der Waals surface area contributed by atoms with Gasteiger partial charge in [0.05, 0.1) is 5.92 Å². The minimum Gasteiger partial charge on any atom is -0.355 e. The van der Waals surface area contributed by atoms with Gasteiger partial charge in [-0.25, -0.2) is 9.18 Å². The van der Waals surface area contributed by atoms with E-state index in [1.165, 1.54) is 6.07 Å². The molecule has 2 aromatic carbocycles. The third-order valence-electron chi connectivity index (χ3n) is 3.07. The van der Waals surface area contributed by atoms with E-state index in [1.807, 2.05) is 35.3 Å². The van der Waals surface area contributed by atoms with Crippen molar-refractivity contribution >= 4 is 17.7 Å². The van der Waals surface area contributed by atoms with Crippen molar-refractivity contribution in [2.75, 3.05) is 0 Å². The fourth-order valence-electron chi connectivity index (χ4n) is 1.91. The van der Waals surface area contributed by atoms with Gasteiger partial charge in [0.25, 0.3) is 0 Å². The predicted molar refractivity (Wildman–Crippen MR) is 75.3 cm³/mol. The highest BCUT2D eigenvalue weighted by Crippen LogP contribution is 2.27. The van der Waals surface area contributed by atoms with E-state index in [-0.39, 0.29) is 5.82 Å². The van der Waals surface area contributed by atoms with Gasteiger partial charge in [-0.15, -0.1) is 0 Å². The summed E-state index contributed by atoms with van der Waals surface area (Å²) in [6.07, 6.45) is 0. The van der Waals surface area contributed by atoms with Crippen LogP contribution in [0.5, 0.6) is 0 Å². The summed E-state index contributed by atoms with van der Waals surface area (Å²) in [6, 6.07) is 13.7. The number of rotatable bonds is 4. The maximum Gasteiger partial charge on any atom is 0.333 e. The van der Waals surface area contributed by atoms with Gasteiger partial charge >= 0.3 is 5.97 Å². The molecule has 0 saturated carbocycles. The predicted octanol–water partition coefficient (Wildman–Crippen LogP) is 3.80. The third kappa shape index (κ3) is 3.15. The van der Waals surface area contributed by atoms with Crippen LogP contribution in [0, 0.1) is 5.82 Å². The van der Waals surface area contributed by atoms with E-state index in [2.05, 4.69) is 4.84 Å². The molecular weight excluding hydrogens is 281 g/mol. The average molecular weight is 294 g/mol. The molecule has 0 fully saturated rings. The molecule has 0 amide bonds. The lowest BCUT2D eigenvalue weighted by Crippen LogP contribution is -2.17. The molecule has 104 valence electrons. The van der Waals surface area contributed by atoms with E-state index in [0.29, 0.717) is 11.1 Å². The van der Waals surface area contributed by atoms with Gasteiger partial charge in [0.15, 0.2) is 0 Å². The zero-order valence-corrected chi connectivity index (χ0v) is 11.5. The zero-order chi connectivity index (χ0) is 14.5. The monoisotopic (exact) mass is 293 g/mol. The molecule has 0 aliphatic heterocycles. The van der Waals surface area contributed by atoms with Crippen LogP contribution in [0.25, 0.3) is 11.1 Å². The lowest BCUT2D eigenvalue weighted by molar-refractivity contribution is -0.148. The van der Waals surface area contributed by atoms with Gasteiger partial charge in [0.1, 0.15) is 5.82 Å². The maximum atomic E-state index is 13.9. The molecule has 3 nitrogen and oxygen atoms in total. The first-order chi connectivity index (χ1) is 9.63. The van der Waals surface area contributed by atoms with Gasteiger partial charge in [-0.1, -0.05) is 41.4 Å². The minimum absolute atomic E-state index is 0.337. The molecule has 2 aromatic rings. The molecule has 0 aliphatic rings. The summed E-state index contributed by atoms with van der Waals surface area (Å²) in [7, 11) is 0. The second-order valence-electron chi connectivity index (χ2n) is 4.33. The first-order valence-corrected chi connectivity index (χ1v) is 6.42. The Morgan fingerprint density at radius 1 is 1.25 bits per heavy atom. The number of nitrogens with one attached hydrogen (secondary N) is 1. The molecule has 1 unspecified atom stereocenters. The summed E-state index contributed by atoms with van der Waals surface area (Å²) in [5.41, 5.74) is 1.85. The molecule has 0 spiro atoms. The van der Waals surface area contributed by atoms with Crippen LogP contribution in [0.1, 0.15) is 18.4 Å². The molecule has 1 N–H and O–H groups in total. The number of halogens is 2. The molecule has 0 heterocycles. The van der Waals surface area contributed by atoms with Crippen molar-refractivity contribution < 1.29 is 14.0 Å². The molecule has 0 aromatic heterocycles. The average Bonchev–Trinajstić information content (AvgIpc) is 2.48. The zero-order valence-electron chi connectivity index (χ0n) is 10.8. The first kappa shape index (κ1) is 14.5. The van der Waals surface area contributed by atoms with Gasteiger partial charge < -0.3 is 4.84 Å². The van der Waals surface area contributed by atoms with Crippen LogP contribution in [0.4, 0.5) is 4.39 Å². The quantitative estimate of drug-likeness (QED) is 0.688. The maximum absolute atomic E-state index is 13.9.